The molecule has 3 N–H and O–H groups in total. The lowest BCUT2D eigenvalue weighted by Crippen LogP contribution is -2.32. The predicted octanol–water partition coefficient (Wildman–Crippen LogP) is 0.182. The highest BCUT2D eigenvalue weighted by atomic mass is 32.2. The van der Waals surface area contributed by atoms with Crippen molar-refractivity contribution in [1.82, 2.24) is 10.6 Å². The van der Waals surface area contributed by atoms with Crippen molar-refractivity contribution in [3.63, 3.8) is 0 Å². The van der Waals surface area contributed by atoms with Gasteiger partial charge in [-0.05, 0) is 12.1 Å². The Kier molecular flexibility index (Phi) is 5.92. The Labute approximate surface area is 135 Å². The van der Waals surface area contributed by atoms with E-state index in [9.17, 15) is 14.4 Å². The first-order valence-corrected chi connectivity index (χ1v) is 7.53. The molecule has 122 valence electrons. The number of carbonyl (C=O) groups excluding carboxylic acids is 2. The summed E-state index contributed by atoms with van der Waals surface area (Å²) in [6, 6.07) is 3.41. The molecular weight excluding hydrogens is 324 g/mol. The molecule has 2 rings (SSSR count). The summed E-state index contributed by atoms with van der Waals surface area (Å²) in [7, 11) is 0. The van der Waals surface area contributed by atoms with Crippen molar-refractivity contribution in [3.05, 3.63) is 24.2 Å². The maximum atomic E-state index is 11.7. The number of aliphatic carboxylic acids is 1. The third-order valence-electron chi connectivity index (χ3n) is 2.68. The van der Waals surface area contributed by atoms with Crippen molar-refractivity contribution < 1.29 is 23.9 Å². The summed E-state index contributed by atoms with van der Waals surface area (Å²) in [6.07, 6.45) is 2.67. The molecule has 2 heterocycles. The Bertz CT molecular complexity index is 641. The Morgan fingerprint density at radius 1 is 1.52 bits per heavy atom. The first kappa shape index (κ1) is 16.7. The van der Waals surface area contributed by atoms with Gasteiger partial charge in [-0.3, -0.25) is 14.4 Å². The molecule has 10 heteroatoms. The van der Waals surface area contributed by atoms with Gasteiger partial charge < -0.3 is 20.2 Å². The van der Waals surface area contributed by atoms with E-state index in [-0.39, 0.29) is 31.2 Å². The molecule has 2 amide bonds. The van der Waals surface area contributed by atoms with Crippen LogP contribution in [0.3, 0.4) is 0 Å². The van der Waals surface area contributed by atoms with Crippen LogP contribution in [0.1, 0.15) is 18.6 Å². The van der Waals surface area contributed by atoms with Gasteiger partial charge in [0.1, 0.15) is 11.0 Å². The van der Waals surface area contributed by atoms with E-state index in [1.54, 1.807) is 12.1 Å². The second-order valence-electron chi connectivity index (χ2n) is 4.46. The lowest BCUT2D eigenvalue weighted by Gasteiger charge is -2.05. The largest absolute Gasteiger partial charge is 0.481 e. The number of nitrogens with one attached hydrogen (secondary N) is 2. The van der Waals surface area contributed by atoms with E-state index >= 15 is 0 Å². The smallest absolute Gasteiger partial charge is 0.305 e. The number of thioether (sulfide) groups is 1. The lowest BCUT2D eigenvalue weighted by molar-refractivity contribution is -0.137. The highest BCUT2D eigenvalue weighted by molar-refractivity contribution is 8.15. The van der Waals surface area contributed by atoms with Crippen molar-refractivity contribution in [2.75, 3.05) is 6.54 Å². The van der Waals surface area contributed by atoms with E-state index < -0.39 is 11.2 Å². The number of furan rings is 1. The van der Waals surface area contributed by atoms with Gasteiger partial charge in [0.25, 0.3) is 0 Å². The van der Waals surface area contributed by atoms with Gasteiger partial charge in [-0.1, -0.05) is 11.8 Å². The number of nitrogens with zero attached hydrogens (tertiary/aromatic N) is 2. The Morgan fingerprint density at radius 3 is 3.04 bits per heavy atom. The molecule has 0 aromatic carbocycles. The molecule has 0 spiro atoms. The zero-order chi connectivity index (χ0) is 16.7. The van der Waals surface area contributed by atoms with E-state index in [4.69, 9.17) is 9.52 Å². The second kappa shape index (κ2) is 8.13. The third-order valence-corrected chi connectivity index (χ3v) is 3.76. The fourth-order valence-corrected chi connectivity index (χ4v) is 2.56. The number of amidine groups is 1. The van der Waals surface area contributed by atoms with Gasteiger partial charge in [0.2, 0.25) is 11.8 Å². The second-order valence-corrected chi connectivity index (χ2v) is 5.65. The number of hydrogen-bond acceptors (Lipinski definition) is 7. The highest BCUT2D eigenvalue weighted by Gasteiger charge is 2.32. The molecule has 0 bridgehead atoms. The van der Waals surface area contributed by atoms with Crippen LogP contribution in [-0.2, 0) is 14.4 Å². The van der Waals surface area contributed by atoms with Crippen molar-refractivity contribution in [3.8, 4) is 0 Å². The molecule has 0 aliphatic carbocycles. The van der Waals surface area contributed by atoms with E-state index in [0.29, 0.717) is 10.9 Å². The molecule has 1 fully saturated rings. The zero-order valence-electron chi connectivity index (χ0n) is 11.9. The molecule has 1 aromatic rings. The first-order chi connectivity index (χ1) is 11.0. The van der Waals surface area contributed by atoms with Crippen LogP contribution in [0.15, 0.2) is 33.0 Å². The number of carbonyl (C=O) groups is 3. The van der Waals surface area contributed by atoms with Crippen LogP contribution in [-0.4, -0.2) is 46.1 Å². The molecule has 1 unspecified atom stereocenters. The topological polar surface area (TPSA) is 133 Å². The highest BCUT2D eigenvalue weighted by Crippen LogP contribution is 2.22. The maximum absolute atomic E-state index is 11.7. The fourth-order valence-electron chi connectivity index (χ4n) is 1.64. The molecule has 1 saturated heterocycles. The number of rotatable bonds is 7. The normalized spacial score (nSPS) is 19.2. The van der Waals surface area contributed by atoms with Gasteiger partial charge in [-0.2, -0.15) is 5.10 Å². The number of hydrogen-bond donors (Lipinski definition) is 3. The van der Waals surface area contributed by atoms with Gasteiger partial charge in [-0.25, -0.2) is 0 Å². The summed E-state index contributed by atoms with van der Waals surface area (Å²) in [4.78, 5) is 33.7. The number of amides is 2. The summed E-state index contributed by atoms with van der Waals surface area (Å²) in [5, 5.41) is 20.7. The van der Waals surface area contributed by atoms with E-state index in [1.807, 2.05) is 0 Å². The molecule has 0 saturated carbocycles. The third kappa shape index (κ3) is 5.58. The van der Waals surface area contributed by atoms with Crippen molar-refractivity contribution >= 4 is 40.9 Å². The maximum Gasteiger partial charge on any atom is 0.305 e. The monoisotopic (exact) mass is 338 g/mol. The van der Waals surface area contributed by atoms with Gasteiger partial charge >= 0.3 is 5.97 Å². The summed E-state index contributed by atoms with van der Waals surface area (Å²) < 4.78 is 5.04. The Hall–Kier alpha value is -2.62. The van der Waals surface area contributed by atoms with Gasteiger partial charge in [0, 0.05) is 13.0 Å². The van der Waals surface area contributed by atoms with Gasteiger partial charge in [-0.15, -0.1) is 5.10 Å². The minimum absolute atomic E-state index is 0.0293. The summed E-state index contributed by atoms with van der Waals surface area (Å²) in [5.41, 5.74) is 0. The van der Waals surface area contributed by atoms with Crippen LogP contribution < -0.4 is 10.6 Å². The van der Waals surface area contributed by atoms with E-state index in [1.165, 1.54) is 12.5 Å². The van der Waals surface area contributed by atoms with Gasteiger partial charge in [0.15, 0.2) is 5.17 Å². The average molecular weight is 338 g/mol. The molecule has 9 nitrogen and oxygen atoms in total. The Balaban J connectivity index is 1.80. The average Bonchev–Trinajstić information content (AvgIpc) is 3.09. The van der Waals surface area contributed by atoms with Crippen LogP contribution in [0.25, 0.3) is 0 Å². The molecule has 1 aromatic heterocycles. The van der Waals surface area contributed by atoms with Crippen molar-refractivity contribution in [1.29, 1.82) is 0 Å². The summed E-state index contributed by atoms with van der Waals surface area (Å²) in [6.45, 7) is 0.0293. The minimum atomic E-state index is -0.998. The minimum Gasteiger partial charge on any atom is -0.481 e. The lowest BCUT2D eigenvalue weighted by atomic mass is 10.2. The SMILES string of the molecule is O=C(O)CCNC(=O)CC1SC(=N/N=C/c2ccco2)NC1=O. The fraction of sp³-hybridized carbons (Fsp3) is 0.308. The molecule has 0 radical (unpaired) electrons. The van der Waals surface area contributed by atoms with Crippen molar-refractivity contribution in [2.24, 2.45) is 10.2 Å². The molecule has 23 heavy (non-hydrogen) atoms. The summed E-state index contributed by atoms with van der Waals surface area (Å²) in [5.74, 6) is -1.20. The quantitative estimate of drug-likeness (QED) is 0.480. The predicted molar refractivity (Wildman–Crippen MR) is 83.1 cm³/mol. The standard InChI is InChI=1S/C13H14N4O5S/c18-10(14-4-3-11(19)20)6-9-12(21)16-13(23-9)17-15-7-8-2-1-5-22-8/h1-2,5,7,9H,3-4,6H2,(H,14,18)(H,19,20)(H,16,17,21)/b15-7+. The number of carboxylic acid groups (broad SMARTS) is 1. The molecule has 1 aliphatic rings. The molecule has 1 atom stereocenters. The van der Waals surface area contributed by atoms with Gasteiger partial charge in [0.05, 0.1) is 18.9 Å². The van der Waals surface area contributed by atoms with Crippen LogP contribution in [0.2, 0.25) is 0 Å². The van der Waals surface area contributed by atoms with Crippen molar-refractivity contribution in [2.45, 2.75) is 18.1 Å². The van der Waals surface area contributed by atoms with Crippen LogP contribution >= 0.6 is 11.8 Å². The zero-order valence-corrected chi connectivity index (χ0v) is 12.7. The molecular formula is C13H14N4O5S. The Morgan fingerprint density at radius 2 is 2.35 bits per heavy atom. The van der Waals surface area contributed by atoms with Crippen LogP contribution in [0.5, 0.6) is 0 Å². The van der Waals surface area contributed by atoms with E-state index in [0.717, 1.165) is 11.8 Å². The molecule has 1 aliphatic heterocycles. The van der Waals surface area contributed by atoms with Crippen LogP contribution in [0.4, 0.5) is 0 Å². The van der Waals surface area contributed by atoms with Crippen LogP contribution in [0, 0.1) is 0 Å². The number of carboxylic acids is 1. The summed E-state index contributed by atoms with van der Waals surface area (Å²) >= 11 is 1.09. The van der Waals surface area contributed by atoms with E-state index in [2.05, 4.69) is 20.8 Å². The first-order valence-electron chi connectivity index (χ1n) is 6.65.